The Morgan fingerprint density at radius 3 is 2.74 bits per heavy atom. The number of anilines is 2. The van der Waals surface area contributed by atoms with Gasteiger partial charge in [-0.3, -0.25) is 0 Å². The molecule has 1 unspecified atom stereocenters. The van der Waals surface area contributed by atoms with Gasteiger partial charge in [0.15, 0.2) is 0 Å². The van der Waals surface area contributed by atoms with Crippen LogP contribution in [0, 0.1) is 0 Å². The van der Waals surface area contributed by atoms with Crippen LogP contribution in [0.3, 0.4) is 0 Å². The van der Waals surface area contributed by atoms with E-state index in [2.05, 4.69) is 41.5 Å². The number of aromatic nitrogens is 1. The Kier molecular flexibility index (Phi) is 4.63. The third-order valence-electron chi connectivity index (χ3n) is 3.10. The van der Waals surface area contributed by atoms with Gasteiger partial charge in [-0.1, -0.05) is 48.9 Å². The summed E-state index contributed by atoms with van der Waals surface area (Å²) in [5.74, 6) is 1.19. The Balaban J connectivity index is 1.86. The van der Waals surface area contributed by atoms with Crippen molar-refractivity contribution in [3.05, 3.63) is 53.2 Å². The quantitative estimate of drug-likeness (QED) is 0.869. The summed E-state index contributed by atoms with van der Waals surface area (Å²) in [5, 5.41) is 3.80. The maximum Gasteiger partial charge on any atom is 0.144 e. The zero-order valence-corrected chi connectivity index (χ0v) is 11.7. The first-order valence-electron chi connectivity index (χ1n) is 6.36. The third-order valence-corrected chi connectivity index (χ3v) is 3.39. The largest absolute Gasteiger partial charge is 0.397 e. The average Bonchev–Trinajstić information content (AvgIpc) is 2.42. The van der Waals surface area contributed by atoms with E-state index in [1.54, 1.807) is 12.3 Å². The average molecular weight is 276 g/mol. The second kappa shape index (κ2) is 6.43. The number of hydrogen-bond acceptors (Lipinski definition) is 3. The van der Waals surface area contributed by atoms with E-state index >= 15 is 0 Å². The molecule has 4 heteroatoms. The number of halogens is 1. The zero-order chi connectivity index (χ0) is 13.7. The van der Waals surface area contributed by atoms with Crippen LogP contribution < -0.4 is 11.1 Å². The van der Waals surface area contributed by atoms with Gasteiger partial charge in [-0.15, -0.1) is 0 Å². The maximum absolute atomic E-state index is 6.06. The number of nitrogens with zero attached hydrogens (tertiary/aromatic N) is 1. The first-order chi connectivity index (χ1) is 9.16. The molecular weight excluding hydrogens is 258 g/mol. The highest BCUT2D eigenvalue weighted by Crippen LogP contribution is 2.22. The van der Waals surface area contributed by atoms with Crippen LogP contribution in [-0.2, 0) is 0 Å². The van der Waals surface area contributed by atoms with Gasteiger partial charge in [-0.05, 0) is 24.0 Å². The molecule has 0 bridgehead atoms. The number of nitrogen functional groups attached to an aromatic ring is 1. The molecule has 3 nitrogen and oxygen atoms in total. The van der Waals surface area contributed by atoms with Crippen molar-refractivity contribution < 1.29 is 0 Å². The molecule has 0 spiro atoms. The Morgan fingerprint density at radius 1 is 1.32 bits per heavy atom. The van der Waals surface area contributed by atoms with E-state index in [0.29, 0.717) is 22.4 Å². The molecule has 2 rings (SSSR count). The van der Waals surface area contributed by atoms with Gasteiger partial charge < -0.3 is 11.1 Å². The molecule has 0 fully saturated rings. The number of rotatable bonds is 5. The van der Waals surface area contributed by atoms with Crippen molar-refractivity contribution in [1.82, 2.24) is 4.98 Å². The fourth-order valence-corrected chi connectivity index (χ4v) is 2.18. The summed E-state index contributed by atoms with van der Waals surface area (Å²) in [7, 11) is 0. The van der Waals surface area contributed by atoms with Gasteiger partial charge in [0.25, 0.3) is 0 Å². The van der Waals surface area contributed by atoms with E-state index in [4.69, 9.17) is 17.3 Å². The van der Waals surface area contributed by atoms with Crippen LogP contribution in [0.2, 0.25) is 5.02 Å². The summed E-state index contributed by atoms with van der Waals surface area (Å²) >= 11 is 6.06. The molecule has 1 heterocycles. The Hall–Kier alpha value is -1.74. The van der Waals surface area contributed by atoms with E-state index in [1.807, 2.05) is 6.07 Å². The maximum atomic E-state index is 6.06. The molecule has 100 valence electrons. The predicted molar refractivity (Wildman–Crippen MR) is 81.6 cm³/mol. The standard InChI is InChI=1S/C15H18ClN3/c1-11(12-5-3-2-4-6-12)7-8-18-15-14(16)9-13(17)10-19-15/h2-6,9-11H,7-8,17H2,1H3,(H,18,19). The lowest BCUT2D eigenvalue weighted by Crippen LogP contribution is -2.07. The van der Waals surface area contributed by atoms with Crippen LogP contribution >= 0.6 is 11.6 Å². The first kappa shape index (κ1) is 13.7. The molecular formula is C15H18ClN3. The highest BCUT2D eigenvalue weighted by atomic mass is 35.5. The second-order valence-electron chi connectivity index (χ2n) is 4.63. The Morgan fingerprint density at radius 2 is 2.05 bits per heavy atom. The van der Waals surface area contributed by atoms with Crippen LogP contribution in [0.1, 0.15) is 24.8 Å². The van der Waals surface area contributed by atoms with Crippen LogP contribution in [0.15, 0.2) is 42.6 Å². The van der Waals surface area contributed by atoms with Gasteiger partial charge >= 0.3 is 0 Å². The molecule has 0 aliphatic rings. The Bertz CT molecular complexity index is 528. The number of benzene rings is 1. The first-order valence-corrected chi connectivity index (χ1v) is 6.74. The molecule has 1 atom stereocenters. The fourth-order valence-electron chi connectivity index (χ4n) is 1.94. The summed E-state index contributed by atoms with van der Waals surface area (Å²) in [5.41, 5.74) is 7.53. The Labute approximate surface area is 118 Å². The van der Waals surface area contributed by atoms with Crippen LogP contribution in [0.5, 0.6) is 0 Å². The summed E-state index contributed by atoms with van der Waals surface area (Å²) in [6.45, 7) is 3.04. The van der Waals surface area contributed by atoms with Crippen LogP contribution in [-0.4, -0.2) is 11.5 Å². The van der Waals surface area contributed by atoms with Crippen molar-refractivity contribution >= 4 is 23.1 Å². The zero-order valence-electron chi connectivity index (χ0n) is 10.9. The van der Waals surface area contributed by atoms with E-state index in [-0.39, 0.29) is 0 Å². The normalized spacial score (nSPS) is 12.1. The molecule has 0 radical (unpaired) electrons. The van der Waals surface area contributed by atoms with E-state index < -0.39 is 0 Å². The summed E-state index contributed by atoms with van der Waals surface area (Å²) in [6.07, 6.45) is 2.63. The fraction of sp³-hybridized carbons (Fsp3) is 0.267. The molecule has 2 aromatic rings. The summed E-state index contributed by atoms with van der Waals surface area (Å²) in [4.78, 5) is 4.18. The van der Waals surface area contributed by atoms with Gasteiger partial charge in [0.1, 0.15) is 5.82 Å². The minimum absolute atomic E-state index is 0.501. The number of nitrogens with two attached hydrogens (primary N) is 1. The second-order valence-corrected chi connectivity index (χ2v) is 5.03. The lowest BCUT2D eigenvalue weighted by atomic mass is 9.98. The van der Waals surface area contributed by atoms with Gasteiger partial charge in [0.2, 0.25) is 0 Å². The molecule has 0 aliphatic heterocycles. The molecule has 0 saturated carbocycles. The van der Waals surface area contributed by atoms with Crippen molar-refractivity contribution in [3.63, 3.8) is 0 Å². The minimum atomic E-state index is 0.501. The predicted octanol–water partition coefficient (Wildman–Crippen LogP) is 3.92. The highest BCUT2D eigenvalue weighted by Gasteiger charge is 2.06. The molecule has 1 aromatic carbocycles. The van der Waals surface area contributed by atoms with Gasteiger partial charge in [-0.2, -0.15) is 0 Å². The number of nitrogens with one attached hydrogen (secondary N) is 1. The molecule has 3 N–H and O–H groups in total. The van der Waals surface area contributed by atoms with Crippen molar-refractivity contribution in [2.24, 2.45) is 0 Å². The smallest absolute Gasteiger partial charge is 0.144 e. The molecule has 0 amide bonds. The SMILES string of the molecule is CC(CCNc1ncc(N)cc1Cl)c1ccccc1. The van der Waals surface area contributed by atoms with Gasteiger partial charge in [-0.25, -0.2) is 4.98 Å². The number of hydrogen-bond donors (Lipinski definition) is 2. The third kappa shape index (κ3) is 3.86. The van der Waals surface area contributed by atoms with Crippen LogP contribution in [0.25, 0.3) is 0 Å². The summed E-state index contributed by atoms with van der Waals surface area (Å²) < 4.78 is 0. The molecule has 19 heavy (non-hydrogen) atoms. The van der Waals surface area contributed by atoms with E-state index in [1.165, 1.54) is 5.56 Å². The van der Waals surface area contributed by atoms with Crippen molar-refractivity contribution in [3.8, 4) is 0 Å². The molecule has 1 aromatic heterocycles. The molecule has 0 saturated heterocycles. The number of pyridine rings is 1. The molecule has 0 aliphatic carbocycles. The monoisotopic (exact) mass is 275 g/mol. The van der Waals surface area contributed by atoms with E-state index in [0.717, 1.165) is 13.0 Å². The lowest BCUT2D eigenvalue weighted by molar-refractivity contribution is 0.705. The highest BCUT2D eigenvalue weighted by molar-refractivity contribution is 6.33. The minimum Gasteiger partial charge on any atom is -0.397 e. The van der Waals surface area contributed by atoms with Crippen molar-refractivity contribution in [2.75, 3.05) is 17.6 Å². The van der Waals surface area contributed by atoms with E-state index in [9.17, 15) is 0 Å². The van der Waals surface area contributed by atoms with Crippen molar-refractivity contribution in [1.29, 1.82) is 0 Å². The van der Waals surface area contributed by atoms with Crippen LogP contribution in [0.4, 0.5) is 11.5 Å². The van der Waals surface area contributed by atoms with Gasteiger partial charge in [0.05, 0.1) is 16.9 Å². The van der Waals surface area contributed by atoms with Gasteiger partial charge in [0, 0.05) is 6.54 Å². The topological polar surface area (TPSA) is 50.9 Å². The van der Waals surface area contributed by atoms with Crippen molar-refractivity contribution in [2.45, 2.75) is 19.3 Å². The lowest BCUT2D eigenvalue weighted by Gasteiger charge is -2.13. The summed E-state index contributed by atoms with van der Waals surface area (Å²) in [6, 6.07) is 12.2.